The van der Waals surface area contributed by atoms with E-state index in [9.17, 15) is 10.2 Å². The van der Waals surface area contributed by atoms with Gasteiger partial charge in [0, 0.05) is 20.0 Å². The summed E-state index contributed by atoms with van der Waals surface area (Å²) < 4.78 is 11.5. The Morgan fingerprint density at radius 2 is 2.08 bits per heavy atom. The normalized spacial score (nSPS) is 22.0. The van der Waals surface area contributed by atoms with Crippen LogP contribution in [0.5, 0.6) is 5.75 Å². The molecule has 1 fully saturated rings. The van der Waals surface area contributed by atoms with Gasteiger partial charge < -0.3 is 36.3 Å². The number of hydrogen-bond acceptors (Lipinski definition) is 6. The number of ether oxygens (including phenoxy) is 2. The smallest absolute Gasteiger partial charge is 0.529 e. The molecular formula is C19H29KNO5-. The van der Waals surface area contributed by atoms with E-state index in [1.807, 2.05) is 26.2 Å². The van der Waals surface area contributed by atoms with Crippen LogP contribution in [-0.4, -0.2) is 73.1 Å². The maximum atomic E-state index is 9.87. The van der Waals surface area contributed by atoms with E-state index in [1.165, 1.54) is 0 Å². The van der Waals surface area contributed by atoms with Gasteiger partial charge in [-0.1, -0.05) is 6.42 Å². The van der Waals surface area contributed by atoms with Crippen molar-refractivity contribution in [2.75, 3.05) is 34.4 Å². The molecule has 0 radical (unpaired) electrons. The van der Waals surface area contributed by atoms with E-state index in [1.54, 1.807) is 6.07 Å². The molecule has 0 spiro atoms. The Balaban J connectivity index is 0.00000201. The Morgan fingerprint density at radius 3 is 2.69 bits per heavy atom. The maximum absolute atomic E-state index is 9.87. The van der Waals surface area contributed by atoms with Crippen LogP contribution in [0, 0.1) is 12.6 Å². The quantitative estimate of drug-likeness (QED) is 0.373. The summed E-state index contributed by atoms with van der Waals surface area (Å²) in [6, 6.07) is 8.54. The van der Waals surface area contributed by atoms with E-state index in [-0.39, 0.29) is 58.0 Å². The number of aliphatic hydroxyl groups is 3. The monoisotopic (exact) mass is 390 g/mol. The number of hydrogen-bond donors (Lipinski definition) is 3. The first kappa shape index (κ1) is 26.2. The largest absolute Gasteiger partial charge is 1.00 e. The summed E-state index contributed by atoms with van der Waals surface area (Å²) in [6.45, 7) is 6.87. The minimum absolute atomic E-state index is 0. The van der Waals surface area contributed by atoms with Crippen LogP contribution in [0.1, 0.15) is 24.8 Å². The molecule has 0 amide bonds. The first-order chi connectivity index (χ1) is 12.0. The van der Waals surface area contributed by atoms with Gasteiger partial charge in [-0.15, -0.1) is 12.1 Å². The number of aliphatic hydroxyl groups excluding tert-OH is 3. The van der Waals surface area contributed by atoms with Crippen molar-refractivity contribution in [2.24, 2.45) is 0 Å². The van der Waals surface area contributed by atoms with Crippen molar-refractivity contribution in [1.29, 1.82) is 0 Å². The minimum Gasteiger partial charge on any atom is -0.529 e. The molecule has 1 aromatic rings. The second-order valence-electron chi connectivity index (χ2n) is 6.10. The molecule has 1 aliphatic rings. The van der Waals surface area contributed by atoms with Crippen LogP contribution in [-0.2, 0) is 4.74 Å². The molecule has 0 aliphatic carbocycles. The predicted octanol–water partition coefficient (Wildman–Crippen LogP) is -1.90. The number of benzene rings is 1. The Morgan fingerprint density at radius 1 is 1.38 bits per heavy atom. The Bertz CT molecular complexity index is 526. The zero-order valence-electron chi connectivity index (χ0n) is 16.2. The third kappa shape index (κ3) is 8.92. The van der Waals surface area contributed by atoms with Crippen molar-refractivity contribution < 1.29 is 76.2 Å². The van der Waals surface area contributed by atoms with Crippen molar-refractivity contribution in [3.8, 4) is 5.75 Å². The number of nitrogens with zero attached hydrogens (tertiary/aromatic N) is 1. The van der Waals surface area contributed by atoms with E-state index in [0.717, 1.165) is 19.2 Å². The molecule has 6 nitrogen and oxygen atoms in total. The van der Waals surface area contributed by atoms with E-state index in [0.29, 0.717) is 30.6 Å². The molecule has 3 N–H and O–H groups in total. The van der Waals surface area contributed by atoms with Crippen molar-refractivity contribution >= 4 is 5.57 Å². The Kier molecular flexibility index (Phi) is 14.3. The van der Waals surface area contributed by atoms with Crippen LogP contribution >= 0.6 is 0 Å². The second-order valence-corrected chi connectivity index (χ2v) is 6.10. The fourth-order valence-electron chi connectivity index (χ4n) is 2.52. The molecule has 0 aromatic heterocycles. The molecule has 1 saturated heterocycles. The van der Waals surface area contributed by atoms with Crippen LogP contribution in [0.25, 0.3) is 5.57 Å². The van der Waals surface area contributed by atoms with Gasteiger partial charge in [0.25, 0.3) is 0 Å². The fraction of sp³-hybridized carbons (Fsp3) is 0.579. The molecule has 0 saturated carbocycles. The third-order valence-electron chi connectivity index (χ3n) is 3.77. The van der Waals surface area contributed by atoms with Crippen LogP contribution in [0.3, 0.4) is 0 Å². The molecule has 1 aliphatic heterocycles. The first-order valence-electron chi connectivity index (χ1n) is 8.32. The molecule has 26 heavy (non-hydrogen) atoms. The van der Waals surface area contributed by atoms with Crippen LogP contribution in [0.4, 0.5) is 0 Å². The Hall–Kier alpha value is 0.196. The van der Waals surface area contributed by atoms with Crippen molar-refractivity contribution in [2.45, 2.75) is 37.8 Å². The van der Waals surface area contributed by atoms with E-state index < -0.39 is 18.5 Å². The summed E-state index contributed by atoms with van der Waals surface area (Å²) in [7, 11) is 4.98. The van der Waals surface area contributed by atoms with Gasteiger partial charge in [-0.3, -0.25) is 11.1 Å². The zero-order valence-corrected chi connectivity index (χ0v) is 19.3. The summed E-state index contributed by atoms with van der Waals surface area (Å²) in [4.78, 5) is 2.06. The molecule has 1 heterocycles. The topological polar surface area (TPSA) is 82.4 Å². The Labute approximate surface area is 199 Å². The van der Waals surface area contributed by atoms with Gasteiger partial charge in [-0.25, -0.2) is 6.07 Å². The van der Waals surface area contributed by atoms with Crippen LogP contribution in [0.15, 0.2) is 18.2 Å². The molecule has 0 bridgehead atoms. The van der Waals surface area contributed by atoms with Gasteiger partial charge in [0.1, 0.15) is 0 Å². The van der Waals surface area contributed by atoms with Gasteiger partial charge in [-0.2, -0.15) is 6.07 Å². The number of rotatable bonds is 7. The summed E-state index contributed by atoms with van der Waals surface area (Å²) in [5.41, 5.74) is 1.42. The minimum atomic E-state index is -0.605. The standard InChI is InChI=1S/C18H25NO4.CH4O.K/c1-13(8-9-19(2)3)16-6-4-5-7-17(16)23-18-11-14(21)10-15(12-20)22-18;1-2;/h1,4-5,7,14-15,18,20-21H,8-12H2,2-3H3;2H,1H3;/q-2;;+1. The van der Waals surface area contributed by atoms with Gasteiger partial charge in [-0.05, 0) is 26.4 Å². The zero-order chi connectivity index (χ0) is 18.8. The maximum Gasteiger partial charge on any atom is 1.00 e. The fourth-order valence-corrected chi connectivity index (χ4v) is 2.52. The SMILES string of the molecule is CO.[CH-]=C(CCN(C)C)c1[c-]cccc1OC1CC(O)CC(CO)O1.[K+]. The molecule has 3 unspecified atom stereocenters. The molecule has 7 heteroatoms. The van der Waals surface area contributed by atoms with Gasteiger partial charge in [0.15, 0.2) is 6.29 Å². The van der Waals surface area contributed by atoms with Crippen LogP contribution in [0.2, 0.25) is 0 Å². The van der Waals surface area contributed by atoms with Gasteiger partial charge in [0.05, 0.1) is 18.8 Å². The van der Waals surface area contributed by atoms with Crippen molar-refractivity contribution in [1.82, 2.24) is 4.90 Å². The summed E-state index contributed by atoms with van der Waals surface area (Å²) in [5, 5.41) is 26.1. The molecular weight excluding hydrogens is 361 g/mol. The van der Waals surface area contributed by atoms with Gasteiger partial charge >= 0.3 is 51.4 Å². The molecule has 2 rings (SSSR count). The van der Waals surface area contributed by atoms with E-state index >= 15 is 0 Å². The van der Waals surface area contributed by atoms with Crippen molar-refractivity contribution in [3.05, 3.63) is 36.4 Å². The predicted molar refractivity (Wildman–Crippen MR) is 95.9 cm³/mol. The average Bonchev–Trinajstić information content (AvgIpc) is 2.61. The van der Waals surface area contributed by atoms with E-state index in [4.69, 9.17) is 21.2 Å². The molecule has 1 aromatic carbocycles. The first-order valence-corrected chi connectivity index (χ1v) is 8.32. The summed E-state index contributed by atoms with van der Waals surface area (Å²) >= 11 is 0. The summed E-state index contributed by atoms with van der Waals surface area (Å²) in [5.74, 6) is 0.583. The summed E-state index contributed by atoms with van der Waals surface area (Å²) in [6.07, 6.45) is -0.0693. The van der Waals surface area contributed by atoms with E-state index in [2.05, 4.69) is 11.0 Å². The van der Waals surface area contributed by atoms with Gasteiger partial charge in [0.2, 0.25) is 0 Å². The van der Waals surface area contributed by atoms with Crippen molar-refractivity contribution in [3.63, 3.8) is 0 Å². The second kappa shape index (κ2) is 14.2. The molecule has 3 atom stereocenters. The average molecular weight is 391 g/mol. The molecule has 142 valence electrons. The van der Waals surface area contributed by atoms with Crippen LogP contribution < -0.4 is 56.1 Å². The third-order valence-corrected chi connectivity index (χ3v) is 3.77.